The Morgan fingerprint density at radius 1 is 1.06 bits per heavy atom. The Hall–Kier alpha value is -2.86. The van der Waals surface area contributed by atoms with Gasteiger partial charge in [0.1, 0.15) is 0 Å². The monoisotopic (exact) mass is 448 g/mol. The van der Waals surface area contributed by atoms with Crippen molar-refractivity contribution in [2.75, 3.05) is 32.1 Å². The van der Waals surface area contributed by atoms with E-state index in [1.54, 1.807) is 0 Å². The van der Waals surface area contributed by atoms with Crippen molar-refractivity contribution >= 4 is 17.6 Å². The van der Waals surface area contributed by atoms with Crippen LogP contribution in [0.5, 0.6) is 0 Å². The summed E-state index contributed by atoms with van der Waals surface area (Å²) in [5, 5.41) is 6.59. The lowest BCUT2D eigenvalue weighted by molar-refractivity contribution is -0.119. The number of likely N-dealkylation sites (tertiary alicyclic amines) is 1. The fourth-order valence-electron chi connectivity index (χ4n) is 4.78. The Kier molecular flexibility index (Phi) is 8.36. The zero-order valence-corrected chi connectivity index (χ0v) is 19.6. The normalized spacial score (nSPS) is 19.1. The van der Waals surface area contributed by atoms with Gasteiger partial charge in [0.2, 0.25) is 5.91 Å². The fraction of sp³-hybridized carbons (Fsp3) is 0.481. The minimum Gasteiger partial charge on any atom is -0.376 e. The highest BCUT2D eigenvalue weighted by Gasteiger charge is 2.25. The minimum atomic E-state index is 0.158. The van der Waals surface area contributed by atoms with Gasteiger partial charge in [0.05, 0.1) is 13.2 Å². The lowest BCUT2D eigenvalue weighted by Gasteiger charge is -2.22. The van der Waals surface area contributed by atoms with Gasteiger partial charge in [0.25, 0.3) is 0 Å². The first-order chi connectivity index (χ1) is 16.2. The van der Waals surface area contributed by atoms with Crippen LogP contribution in [0.3, 0.4) is 0 Å². The average molecular weight is 449 g/mol. The van der Waals surface area contributed by atoms with Crippen molar-refractivity contribution in [2.24, 2.45) is 16.8 Å². The maximum absolute atomic E-state index is 12.4. The van der Waals surface area contributed by atoms with Gasteiger partial charge in [0, 0.05) is 44.2 Å². The number of hydrogen-bond acceptors (Lipinski definition) is 3. The molecule has 1 heterocycles. The Morgan fingerprint density at radius 2 is 1.85 bits per heavy atom. The highest BCUT2D eigenvalue weighted by atomic mass is 16.5. The first-order valence-corrected chi connectivity index (χ1v) is 12.2. The maximum Gasteiger partial charge on any atom is 0.227 e. The SMILES string of the molecule is CN=C(NCc1cccc(NC(=O)C2CCCC2)c1)N1CCC(COCc2ccccc2)C1. The predicted molar refractivity (Wildman–Crippen MR) is 133 cm³/mol. The number of amides is 1. The number of carbonyl (C=O) groups is 1. The van der Waals surface area contributed by atoms with Gasteiger partial charge in [0.15, 0.2) is 5.96 Å². The Balaban J connectivity index is 1.22. The van der Waals surface area contributed by atoms with Crippen LogP contribution in [0, 0.1) is 11.8 Å². The van der Waals surface area contributed by atoms with Gasteiger partial charge in [-0.25, -0.2) is 0 Å². The van der Waals surface area contributed by atoms with Crippen LogP contribution in [0.1, 0.15) is 43.2 Å². The van der Waals surface area contributed by atoms with E-state index in [4.69, 9.17) is 4.74 Å². The molecule has 176 valence electrons. The van der Waals surface area contributed by atoms with E-state index in [2.05, 4.69) is 44.8 Å². The number of nitrogens with one attached hydrogen (secondary N) is 2. The van der Waals surface area contributed by atoms with Crippen molar-refractivity contribution < 1.29 is 9.53 Å². The highest BCUT2D eigenvalue weighted by Crippen LogP contribution is 2.26. The van der Waals surface area contributed by atoms with E-state index < -0.39 is 0 Å². The number of guanidine groups is 1. The average Bonchev–Trinajstić information content (AvgIpc) is 3.54. The van der Waals surface area contributed by atoms with Crippen molar-refractivity contribution in [3.8, 4) is 0 Å². The molecule has 1 saturated carbocycles. The van der Waals surface area contributed by atoms with Crippen LogP contribution >= 0.6 is 0 Å². The molecular formula is C27H36N4O2. The summed E-state index contributed by atoms with van der Waals surface area (Å²) in [6, 6.07) is 18.4. The smallest absolute Gasteiger partial charge is 0.227 e. The van der Waals surface area contributed by atoms with Gasteiger partial charge < -0.3 is 20.3 Å². The maximum atomic E-state index is 12.4. The largest absolute Gasteiger partial charge is 0.376 e. The summed E-state index contributed by atoms with van der Waals surface area (Å²) in [4.78, 5) is 19.2. The molecule has 0 spiro atoms. The van der Waals surface area contributed by atoms with E-state index in [9.17, 15) is 4.79 Å². The van der Waals surface area contributed by atoms with Gasteiger partial charge in [-0.05, 0) is 42.5 Å². The van der Waals surface area contributed by atoms with E-state index in [1.807, 2.05) is 37.4 Å². The Bertz CT molecular complexity index is 925. The zero-order valence-electron chi connectivity index (χ0n) is 19.6. The summed E-state index contributed by atoms with van der Waals surface area (Å²) >= 11 is 0. The molecule has 6 nitrogen and oxygen atoms in total. The van der Waals surface area contributed by atoms with E-state index in [0.29, 0.717) is 19.1 Å². The summed E-state index contributed by atoms with van der Waals surface area (Å²) in [6.07, 6.45) is 5.46. The number of anilines is 1. The quantitative estimate of drug-likeness (QED) is 0.463. The van der Waals surface area contributed by atoms with Crippen LogP contribution in [0.4, 0.5) is 5.69 Å². The number of aliphatic imine (C=N–C) groups is 1. The van der Waals surface area contributed by atoms with E-state index >= 15 is 0 Å². The molecule has 1 amide bonds. The summed E-state index contributed by atoms with van der Waals surface area (Å²) in [5.41, 5.74) is 3.21. The molecule has 0 bridgehead atoms. The number of nitrogens with zero attached hydrogens (tertiary/aromatic N) is 2. The number of ether oxygens (including phenoxy) is 1. The molecule has 1 aliphatic carbocycles. The van der Waals surface area contributed by atoms with Crippen LogP contribution in [-0.2, 0) is 22.7 Å². The van der Waals surface area contributed by atoms with Gasteiger partial charge in [-0.2, -0.15) is 0 Å². The van der Waals surface area contributed by atoms with Gasteiger partial charge in [-0.3, -0.25) is 9.79 Å². The number of hydrogen-bond donors (Lipinski definition) is 2. The number of rotatable bonds is 8. The van der Waals surface area contributed by atoms with Crippen LogP contribution in [0.2, 0.25) is 0 Å². The van der Waals surface area contributed by atoms with Crippen LogP contribution in [-0.4, -0.2) is 43.5 Å². The molecule has 1 unspecified atom stereocenters. The van der Waals surface area contributed by atoms with Gasteiger partial charge in [-0.1, -0.05) is 55.3 Å². The topological polar surface area (TPSA) is 66.0 Å². The fourth-order valence-corrected chi connectivity index (χ4v) is 4.78. The third kappa shape index (κ3) is 6.81. The van der Waals surface area contributed by atoms with Crippen molar-refractivity contribution in [1.82, 2.24) is 10.2 Å². The van der Waals surface area contributed by atoms with Crippen molar-refractivity contribution in [3.63, 3.8) is 0 Å². The Labute approximate surface area is 197 Å². The molecule has 2 fully saturated rings. The molecule has 1 aliphatic heterocycles. The second-order valence-electron chi connectivity index (χ2n) is 9.17. The van der Waals surface area contributed by atoms with Crippen molar-refractivity contribution in [2.45, 2.75) is 45.3 Å². The van der Waals surface area contributed by atoms with Crippen molar-refractivity contribution in [3.05, 3.63) is 65.7 Å². The molecule has 4 rings (SSSR count). The highest BCUT2D eigenvalue weighted by molar-refractivity contribution is 5.92. The first kappa shape index (κ1) is 23.3. The molecule has 2 aromatic rings. The van der Waals surface area contributed by atoms with Crippen LogP contribution in [0.15, 0.2) is 59.6 Å². The number of carbonyl (C=O) groups excluding carboxylic acids is 1. The molecular weight excluding hydrogens is 412 g/mol. The van der Waals surface area contributed by atoms with Crippen LogP contribution in [0.25, 0.3) is 0 Å². The molecule has 1 atom stereocenters. The molecule has 6 heteroatoms. The van der Waals surface area contributed by atoms with Gasteiger partial charge in [-0.15, -0.1) is 0 Å². The Morgan fingerprint density at radius 3 is 2.64 bits per heavy atom. The van der Waals surface area contributed by atoms with Crippen molar-refractivity contribution in [1.29, 1.82) is 0 Å². The number of benzene rings is 2. The molecule has 0 radical (unpaired) electrons. The molecule has 2 aliphatic rings. The zero-order chi connectivity index (χ0) is 22.9. The second-order valence-corrected chi connectivity index (χ2v) is 9.17. The summed E-state index contributed by atoms with van der Waals surface area (Å²) in [5.74, 6) is 1.76. The first-order valence-electron chi connectivity index (χ1n) is 12.2. The summed E-state index contributed by atoms with van der Waals surface area (Å²) in [7, 11) is 1.83. The van der Waals surface area contributed by atoms with Crippen LogP contribution < -0.4 is 10.6 Å². The summed E-state index contributed by atoms with van der Waals surface area (Å²) < 4.78 is 5.95. The lowest BCUT2D eigenvalue weighted by Crippen LogP contribution is -2.39. The molecule has 2 aromatic carbocycles. The minimum absolute atomic E-state index is 0.158. The van der Waals surface area contributed by atoms with E-state index in [1.165, 1.54) is 5.56 Å². The standard InChI is InChI=1S/C27H36N4O2/c1-28-27(31-15-14-23(18-31)20-33-19-21-8-3-2-4-9-21)29-17-22-10-7-13-25(16-22)30-26(32)24-11-5-6-12-24/h2-4,7-10,13,16,23-24H,5-6,11-12,14-15,17-20H2,1H3,(H,28,29)(H,30,32). The van der Waals surface area contributed by atoms with E-state index in [0.717, 1.165) is 69.0 Å². The predicted octanol–water partition coefficient (Wildman–Crippen LogP) is 4.43. The lowest BCUT2D eigenvalue weighted by atomic mass is 10.1. The summed E-state index contributed by atoms with van der Waals surface area (Å²) in [6.45, 7) is 4.04. The van der Waals surface area contributed by atoms with E-state index in [-0.39, 0.29) is 11.8 Å². The third-order valence-electron chi connectivity index (χ3n) is 6.63. The van der Waals surface area contributed by atoms with Gasteiger partial charge >= 0.3 is 0 Å². The molecule has 33 heavy (non-hydrogen) atoms. The third-order valence-corrected chi connectivity index (χ3v) is 6.63. The molecule has 0 aromatic heterocycles. The second kappa shape index (κ2) is 11.8. The molecule has 2 N–H and O–H groups in total. The molecule has 1 saturated heterocycles.